The molecule has 0 saturated carbocycles. The summed E-state index contributed by atoms with van der Waals surface area (Å²) >= 11 is 0. The lowest BCUT2D eigenvalue weighted by Gasteiger charge is -1.96. The number of nitrogens with zero attached hydrogens (tertiary/aromatic N) is 2. The average molecular weight is 225 g/mol. The highest BCUT2D eigenvalue weighted by molar-refractivity contribution is 5.72. The van der Waals surface area contributed by atoms with E-state index in [1.165, 1.54) is 18.5 Å². The molecule has 0 spiro atoms. The second-order valence-electron chi connectivity index (χ2n) is 2.81. The molecule has 0 bridgehead atoms. The minimum Gasteiger partial charge on any atom is -0.466 e. The van der Waals surface area contributed by atoms with Crippen LogP contribution in [0.25, 0.3) is 6.08 Å². The van der Waals surface area contributed by atoms with Gasteiger partial charge in [0.05, 0.1) is 13.0 Å². The lowest BCUT2D eigenvalue weighted by molar-refractivity contribution is -0.389. The van der Waals surface area contributed by atoms with Gasteiger partial charge in [-0.15, -0.1) is 0 Å². The van der Waals surface area contributed by atoms with E-state index < -0.39 is 4.92 Å². The van der Waals surface area contributed by atoms with E-state index in [2.05, 4.69) is 14.7 Å². The zero-order valence-electron chi connectivity index (χ0n) is 8.67. The first kappa shape index (κ1) is 11.9. The molecule has 0 aliphatic heterocycles. The number of aromatic nitrogens is 2. The van der Waals surface area contributed by atoms with Gasteiger partial charge in [-0.1, -0.05) is 6.08 Å². The number of esters is 1. The molecule has 16 heavy (non-hydrogen) atoms. The second-order valence-corrected chi connectivity index (χ2v) is 2.81. The van der Waals surface area contributed by atoms with Crippen LogP contribution in [0.2, 0.25) is 0 Å². The molecule has 0 aliphatic carbocycles. The normalized spacial score (nSPS) is 10.6. The van der Waals surface area contributed by atoms with Gasteiger partial charge in [-0.25, -0.2) is 9.97 Å². The van der Waals surface area contributed by atoms with Crippen molar-refractivity contribution in [2.24, 2.45) is 0 Å². The summed E-state index contributed by atoms with van der Waals surface area (Å²) in [7, 11) is 0. The first-order chi connectivity index (χ1) is 7.65. The summed E-state index contributed by atoms with van der Waals surface area (Å²) < 4.78 is 4.69. The van der Waals surface area contributed by atoms with Gasteiger partial charge in [0.25, 0.3) is 0 Å². The van der Waals surface area contributed by atoms with Gasteiger partial charge in [0.2, 0.25) is 0 Å². The molecule has 7 heteroatoms. The van der Waals surface area contributed by atoms with Gasteiger partial charge in [-0.3, -0.25) is 4.79 Å². The fourth-order valence-electron chi connectivity index (χ4n) is 1.05. The standard InChI is InChI=1S/C9H11N3O4/c1-2-16-8(13)5-3-4-7-9(12(14)15)11-6-10-7/h3-4,6H,2,5H2,1H3,(H,10,11). The van der Waals surface area contributed by atoms with Crippen molar-refractivity contribution in [1.82, 2.24) is 9.97 Å². The Morgan fingerprint density at radius 2 is 2.50 bits per heavy atom. The Hall–Kier alpha value is -2.18. The van der Waals surface area contributed by atoms with Crippen molar-refractivity contribution in [3.05, 3.63) is 28.2 Å². The molecule has 0 aromatic carbocycles. The highest BCUT2D eigenvalue weighted by Crippen LogP contribution is 2.13. The van der Waals surface area contributed by atoms with Crippen LogP contribution in [0.4, 0.5) is 5.82 Å². The molecule has 0 radical (unpaired) electrons. The summed E-state index contributed by atoms with van der Waals surface area (Å²) in [6, 6.07) is 0. The molecular formula is C9H11N3O4. The third kappa shape index (κ3) is 3.19. The lowest BCUT2D eigenvalue weighted by atomic mass is 10.3. The number of H-pyrrole nitrogens is 1. The predicted octanol–water partition coefficient (Wildman–Crippen LogP) is 1.28. The Bertz CT molecular complexity index is 411. The quantitative estimate of drug-likeness (QED) is 0.462. The molecule has 86 valence electrons. The molecule has 7 nitrogen and oxygen atoms in total. The number of nitro groups is 1. The van der Waals surface area contributed by atoms with E-state index in [-0.39, 0.29) is 23.9 Å². The zero-order valence-corrected chi connectivity index (χ0v) is 8.67. The van der Waals surface area contributed by atoms with Crippen molar-refractivity contribution in [1.29, 1.82) is 0 Å². The third-order valence-corrected chi connectivity index (χ3v) is 1.70. The monoisotopic (exact) mass is 225 g/mol. The van der Waals surface area contributed by atoms with Crippen LogP contribution in [0.5, 0.6) is 0 Å². The average Bonchev–Trinajstić information content (AvgIpc) is 2.66. The number of carbonyl (C=O) groups excluding carboxylic acids is 1. The van der Waals surface area contributed by atoms with Crippen LogP contribution in [0.1, 0.15) is 19.0 Å². The highest BCUT2D eigenvalue weighted by Gasteiger charge is 2.11. The Labute approximate surface area is 91.3 Å². The van der Waals surface area contributed by atoms with Gasteiger partial charge < -0.3 is 14.9 Å². The fourth-order valence-corrected chi connectivity index (χ4v) is 1.05. The molecule has 0 amide bonds. The van der Waals surface area contributed by atoms with Crippen LogP contribution < -0.4 is 0 Å². The molecule has 0 atom stereocenters. The molecule has 1 heterocycles. The third-order valence-electron chi connectivity index (χ3n) is 1.70. The van der Waals surface area contributed by atoms with Gasteiger partial charge in [-0.05, 0) is 17.9 Å². The largest absolute Gasteiger partial charge is 0.466 e. The van der Waals surface area contributed by atoms with Gasteiger partial charge >= 0.3 is 11.8 Å². The Balaban J connectivity index is 2.59. The number of nitrogens with one attached hydrogen (secondary N) is 1. The van der Waals surface area contributed by atoms with Crippen molar-refractivity contribution in [2.45, 2.75) is 13.3 Å². The molecule has 0 fully saturated rings. The maximum Gasteiger partial charge on any atom is 0.347 e. The summed E-state index contributed by atoms with van der Waals surface area (Å²) in [5.74, 6) is -0.572. The van der Waals surface area contributed by atoms with E-state index in [1.54, 1.807) is 6.92 Å². The number of hydrogen-bond donors (Lipinski definition) is 1. The van der Waals surface area contributed by atoms with Crippen LogP contribution in [0, 0.1) is 10.1 Å². The van der Waals surface area contributed by atoms with Gasteiger partial charge in [0.15, 0.2) is 12.0 Å². The topological polar surface area (TPSA) is 98.1 Å². The van der Waals surface area contributed by atoms with E-state index >= 15 is 0 Å². The number of hydrogen-bond acceptors (Lipinski definition) is 5. The SMILES string of the molecule is CCOC(=O)CC=Cc1nc[nH]c1[N+](=O)[O-]. The van der Waals surface area contributed by atoms with E-state index in [1.807, 2.05) is 0 Å². The molecule has 1 aromatic heterocycles. The van der Waals surface area contributed by atoms with Crippen LogP contribution in [0.3, 0.4) is 0 Å². The number of rotatable bonds is 5. The minimum absolute atomic E-state index is 0.0673. The Morgan fingerprint density at radius 3 is 3.12 bits per heavy atom. The predicted molar refractivity (Wildman–Crippen MR) is 55.5 cm³/mol. The maximum atomic E-state index is 11.0. The van der Waals surface area contributed by atoms with Gasteiger partial charge in [0, 0.05) is 0 Å². The molecule has 0 unspecified atom stereocenters. The molecular weight excluding hydrogens is 214 g/mol. The molecule has 1 N–H and O–H groups in total. The second kappa shape index (κ2) is 5.64. The smallest absolute Gasteiger partial charge is 0.347 e. The lowest BCUT2D eigenvalue weighted by Crippen LogP contribution is -2.01. The van der Waals surface area contributed by atoms with E-state index in [0.29, 0.717) is 6.61 Å². The number of carbonyl (C=O) groups is 1. The first-order valence-corrected chi connectivity index (χ1v) is 4.65. The van der Waals surface area contributed by atoms with E-state index in [0.717, 1.165) is 0 Å². The maximum absolute atomic E-state index is 11.0. The van der Waals surface area contributed by atoms with E-state index in [4.69, 9.17) is 0 Å². The zero-order chi connectivity index (χ0) is 12.0. The molecule has 0 saturated heterocycles. The fraction of sp³-hybridized carbons (Fsp3) is 0.333. The van der Waals surface area contributed by atoms with Crippen molar-refractivity contribution in [2.75, 3.05) is 6.61 Å². The van der Waals surface area contributed by atoms with Crippen molar-refractivity contribution < 1.29 is 14.5 Å². The summed E-state index contributed by atoms with van der Waals surface area (Å²) in [4.78, 5) is 27.0. The Morgan fingerprint density at radius 1 is 1.75 bits per heavy atom. The summed E-state index contributed by atoms with van der Waals surface area (Å²) in [5, 5.41) is 10.5. The summed E-state index contributed by atoms with van der Waals surface area (Å²) in [5.41, 5.74) is 0.189. The van der Waals surface area contributed by atoms with Crippen molar-refractivity contribution >= 4 is 17.9 Å². The van der Waals surface area contributed by atoms with Crippen LogP contribution in [-0.4, -0.2) is 27.5 Å². The van der Waals surface area contributed by atoms with Crippen molar-refractivity contribution in [3.8, 4) is 0 Å². The van der Waals surface area contributed by atoms with Crippen molar-refractivity contribution in [3.63, 3.8) is 0 Å². The first-order valence-electron chi connectivity index (χ1n) is 4.65. The molecule has 0 aliphatic rings. The van der Waals surface area contributed by atoms with Gasteiger partial charge in [-0.2, -0.15) is 0 Å². The number of aromatic amines is 1. The summed E-state index contributed by atoms with van der Waals surface area (Å²) in [6.07, 6.45) is 4.17. The number of ether oxygens (including phenoxy) is 1. The van der Waals surface area contributed by atoms with E-state index in [9.17, 15) is 14.9 Å². The van der Waals surface area contributed by atoms with Crippen LogP contribution >= 0.6 is 0 Å². The van der Waals surface area contributed by atoms with Crippen LogP contribution in [0.15, 0.2) is 12.4 Å². The minimum atomic E-state index is -0.572. The highest BCUT2D eigenvalue weighted by atomic mass is 16.6. The summed E-state index contributed by atoms with van der Waals surface area (Å²) in [6.45, 7) is 2.02. The van der Waals surface area contributed by atoms with Gasteiger partial charge in [0.1, 0.15) is 0 Å². The molecule has 1 aromatic rings. The molecule has 1 rings (SSSR count). The Kier molecular flexibility index (Phi) is 4.19. The van der Waals surface area contributed by atoms with Crippen LogP contribution in [-0.2, 0) is 9.53 Å². The number of imidazole rings is 1.